The second-order valence-corrected chi connectivity index (χ2v) is 13.1. The lowest BCUT2D eigenvalue weighted by Gasteiger charge is -2.43. The number of benzene rings is 2. The van der Waals surface area contributed by atoms with E-state index in [1.54, 1.807) is 13.8 Å². The Balaban J connectivity index is 0.00000320. The Morgan fingerprint density at radius 1 is 0.973 bits per heavy atom. The highest BCUT2D eigenvalue weighted by Crippen LogP contribution is 2.48. The summed E-state index contributed by atoms with van der Waals surface area (Å²) in [6, 6.07) is 15.6. The smallest absolute Gasteiger partial charge is 0.249 e. The number of carbonyl (C=O) groups is 2. The van der Waals surface area contributed by atoms with Crippen LogP contribution in [-0.2, 0) is 37.9 Å². The number of hydrogen-bond donors (Lipinski definition) is 2. The lowest BCUT2D eigenvalue weighted by Crippen LogP contribution is -2.65. The first kappa shape index (κ1) is 27.4. The van der Waals surface area contributed by atoms with E-state index in [0.717, 1.165) is 22.4 Å². The summed E-state index contributed by atoms with van der Waals surface area (Å²) in [6.07, 6.45) is 3.40. The summed E-state index contributed by atoms with van der Waals surface area (Å²) in [5.41, 5.74) is 7.45. The Bertz CT molecular complexity index is 1300. The molecule has 2 heterocycles. The number of sulfonamides is 1. The van der Waals surface area contributed by atoms with Gasteiger partial charge in [0.15, 0.2) is 0 Å². The Morgan fingerprint density at radius 2 is 1.51 bits per heavy atom. The van der Waals surface area contributed by atoms with E-state index in [-0.39, 0.29) is 29.6 Å². The lowest BCUT2D eigenvalue weighted by atomic mass is 9.74. The molecule has 8 nitrogen and oxygen atoms in total. The molecule has 1 saturated heterocycles. The van der Waals surface area contributed by atoms with Crippen LogP contribution in [0.5, 0.6) is 0 Å². The van der Waals surface area contributed by atoms with E-state index in [1.165, 1.54) is 10.6 Å². The first-order valence-corrected chi connectivity index (χ1v) is 14.2. The lowest BCUT2D eigenvalue weighted by molar-refractivity contribution is -0.144. The van der Waals surface area contributed by atoms with Crippen LogP contribution in [0.15, 0.2) is 48.5 Å². The molecule has 2 amide bonds. The molecule has 2 aliphatic heterocycles. The summed E-state index contributed by atoms with van der Waals surface area (Å²) in [7, 11) is -3.41. The molecule has 5 rings (SSSR count). The highest BCUT2D eigenvalue weighted by molar-refractivity contribution is 7.92. The van der Waals surface area contributed by atoms with Crippen molar-refractivity contribution in [3.05, 3.63) is 65.2 Å². The molecule has 3 N–H and O–H groups in total. The monoisotopic (exact) mass is 546 g/mol. The van der Waals surface area contributed by atoms with E-state index in [9.17, 15) is 18.0 Å². The highest BCUT2D eigenvalue weighted by Gasteiger charge is 2.52. The van der Waals surface area contributed by atoms with E-state index in [0.29, 0.717) is 45.3 Å². The van der Waals surface area contributed by atoms with Gasteiger partial charge in [-0.3, -0.25) is 13.9 Å². The van der Waals surface area contributed by atoms with E-state index < -0.39 is 21.1 Å². The predicted molar refractivity (Wildman–Crippen MR) is 146 cm³/mol. The van der Waals surface area contributed by atoms with Gasteiger partial charge in [0.1, 0.15) is 5.54 Å². The zero-order chi connectivity index (χ0) is 25.9. The van der Waals surface area contributed by atoms with Crippen LogP contribution in [0.3, 0.4) is 0 Å². The number of nitrogens with two attached hydrogens (primary N) is 1. The number of amides is 2. The van der Waals surface area contributed by atoms with Gasteiger partial charge in [0.2, 0.25) is 21.8 Å². The molecular formula is C27H35ClN4O4S. The number of piperidine rings is 1. The molecule has 3 aliphatic rings. The van der Waals surface area contributed by atoms with Crippen molar-refractivity contribution in [2.45, 2.75) is 56.0 Å². The molecule has 0 atom stereocenters. The van der Waals surface area contributed by atoms with Crippen LogP contribution in [0.4, 0.5) is 5.69 Å². The third-order valence-electron chi connectivity index (χ3n) is 8.05. The van der Waals surface area contributed by atoms with Crippen LogP contribution < -0.4 is 15.4 Å². The third-order valence-corrected chi connectivity index (χ3v) is 9.18. The van der Waals surface area contributed by atoms with Crippen molar-refractivity contribution in [3.8, 4) is 0 Å². The minimum absolute atomic E-state index is 0. The molecular weight excluding hydrogens is 512 g/mol. The molecule has 1 spiro atoms. The molecule has 1 fully saturated rings. The normalized spacial score (nSPS) is 19.7. The van der Waals surface area contributed by atoms with E-state index >= 15 is 0 Å². The molecule has 10 heteroatoms. The van der Waals surface area contributed by atoms with Crippen molar-refractivity contribution in [1.29, 1.82) is 0 Å². The molecule has 0 aromatic heterocycles. The highest BCUT2D eigenvalue weighted by atomic mass is 35.5. The van der Waals surface area contributed by atoms with Crippen LogP contribution in [0, 0.1) is 0 Å². The first-order valence-electron chi connectivity index (χ1n) is 12.4. The maximum atomic E-state index is 14.1. The summed E-state index contributed by atoms with van der Waals surface area (Å²) >= 11 is 0. The fourth-order valence-corrected chi connectivity index (χ4v) is 7.03. The van der Waals surface area contributed by atoms with E-state index in [4.69, 9.17) is 5.73 Å². The number of likely N-dealkylation sites (tertiary alicyclic amines) is 1. The standard InChI is InChI=1S/C27H34N4O4S.ClH/c1-25(2,28)23(32)29-27(16-19-8-4-5-9-20(19)17-27)24(33)30-14-12-26(13-15-30)18-31(36(3,34)35)22-11-7-6-10-21(22)26;/h4-11H,12-18,28H2,1-3H3,(H,29,32);1H. The summed E-state index contributed by atoms with van der Waals surface area (Å²) < 4.78 is 26.5. The van der Waals surface area contributed by atoms with Crippen molar-refractivity contribution in [2.24, 2.45) is 5.73 Å². The quantitative estimate of drug-likeness (QED) is 0.610. The maximum Gasteiger partial charge on any atom is 0.249 e. The molecule has 0 radical (unpaired) electrons. The number of hydrogen-bond acceptors (Lipinski definition) is 5. The van der Waals surface area contributed by atoms with E-state index in [2.05, 4.69) is 5.32 Å². The van der Waals surface area contributed by atoms with Gasteiger partial charge in [0.05, 0.1) is 17.5 Å². The minimum atomic E-state index is -3.41. The molecule has 200 valence electrons. The summed E-state index contributed by atoms with van der Waals surface area (Å²) in [5.74, 6) is -0.456. The van der Waals surface area contributed by atoms with Crippen molar-refractivity contribution in [2.75, 3.05) is 30.2 Å². The molecule has 0 saturated carbocycles. The van der Waals surface area contributed by atoms with Crippen molar-refractivity contribution in [1.82, 2.24) is 10.2 Å². The number of para-hydroxylation sites is 1. The van der Waals surface area contributed by atoms with Crippen molar-refractivity contribution >= 4 is 39.9 Å². The molecule has 0 unspecified atom stereocenters. The van der Waals surface area contributed by atoms with Crippen LogP contribution >= 0.6 is 12.4 Å². The van der Waals surface area contributed by atoms with Gasteiger partial charge >= 0.3 is 0 Å². The number of nitrogens with zero attached hydrogens (tertiary/aromatic N) is 2. The van der Waals surface area contributed by atoms with Gasteiger partial charge in [0, 0.05) is 37.9 Å². The number of rotatable bonds is 4. The minimum Gasteiger partial charge on any atom is -0.341 e. The average Bonchev–Trinajstić information content (AvgIpc) is 3.35. The van der Waals surface area contributed by atoms with Gasteiger partial charge in [-0.05, 0) is 49.4 Å². The van der Waals surface area contributed by atoms with Crippen LogP contribution in [0.25, 0.3) is 0 Å². The number of nitrogens with one attached hydrogen (secondary N) is 1. The number of carbonyl (C=O) groups excluding carboxylic acids is 2. The number of halogens is 1. The average molecular weight is 547 g/mol. The van der Waals surface area contributed by atoms with Gasteiger partial charge in [-0.2, -0.15) is 0 Å². The predicted octanol–water partition coefficient (Wildman–Crippen LogP) is 2.14. The van der Waals surface area contributed by atoms with Gasteiger partial charge in [-0.15, -0.1) is 12.4 Å². The fourth-order valence-electron chi connectivity index (χ4n) is 6.04. The number of fused-ring (bicyclic) bond motifs is 3. The zero-order valence-corrected chi connectivity index (χ0v) is 23.1. The second kappa shape index (κ2) is 9.29. The van der Waals surface area contributed by atoms with Crippen molar-refractivity contribution < 1.29 is 18.0 Å². The van der Waals surface area contributed by atoms with E-state index in [1.807, 2.05) is 53.4 Å². The Labute approximate surface area is 225 Å². The van der Waals surface area contributed by atoms with Crippen LogP contribution in [-0.4, -0.2) is 62.1 Å². The topological polar surface area (TPSA) is 113 Å². The summed E-state index contributed by atoms with van der Waals surface area (Å²) in [6.45, 7) is 4.65. The summed E-state index contributed by atoms with van der Waals surface area (Å²) in [4.78, 5) is 28.9. The molecule has 2 aromatic rings. The van der Waals surface area contributed by atoms with Gasteiger partial charge in [-0.1, -0.05) is 42.5 Å². The molecule has 2 aromatic carbocycles. The molecule has 1 aliphatic carbocycles. The van der Waals surface area contributed by atoms with Crippen LogP contribution in [0.1, 0.15) is 43.4 Å². The molecule has 0 bridgehead atoms. The zero-order valence-electron chi connectivity index (χ0n) is 21.5. The Hall–Kier alpha value is -2.62. The fraction of sp³-hybridized carbons (Fsp3) is 0.481. The van der Waals surface area contributed by atoms with Crippen LogP contribution in [0.2, 0.25) is 0 Å². The Kier molecular flexibility index (Phi) is 6.88. The largest absolute Gasteiger partial charge is 0.341 e. The van der Waals surface area contributed by atoms with Gasteiger partial charge < -0.3 is 16.0 Å². The van der Waals surface area contributed by atoms with Gasteiger partial charge in [-0.25, -0.2) is 8.42 Å². The third kappa shape index (κ3) is 4.73. The Morgan fingerprint density at radius 3 is 2.05 bits per heavy atom. The van der Waals surface area contributed by atoms with Crippen molar-refractivity contribution in [3.63, 3.8) is 0 Å². The maximum absolute atomic E-state index is 14.1. The second-order valence-electron chi connectivity index (χ2n) is 11.2. The summed E-state index contributed by atoms with van der Waals surface area (Å²) in [5, 5.41) is 3.04. The first-order chi connectivity index (χ1) is 16.8. The van der Waals surface area contributed by atoms with Gasteiger partial charge in [0.25, 0.3) is 0 Å². The SMILES string of the molecule is CC(C)(N)C(=O)NC1(C(=O)N2CCC3(CC2)CN(S(C)(=O)=O)c2ccccc23)Cc2ccccc2C1.Cl. The molecule has 37 heavy (non-hydrogen) atoms. The number of anilines is 1.